The lowest BCUT2D eigenvalue weighted by atomic mass is 10.2. The molecule has 0 radical (unpaired) electrons. The minimum Gasteiger partial charge on any atom is -0.389 e. The van der Waals surface area contributed by atoms with Gasteiger partial charge in [-0.1, -0.05) is 12.2 Å². The van der Waals surface area contributed by atoms with Crippen molar-refractivity contribution in [1.29, 1.82) is 0 Å². The Hall–Kier alpha value is -1.69. The number of aryl methyl sites for hydroxylation is 1. The molecule has 0 aliphatic carbocycles. The molecule has 6 heteroatoms. The monoisotopic (exact) mass is 252 g/mol. The molecule has 0 unspecified atom stereocenters. The second-order valence-electron chi connectivity index (χ2n) is 3.75. The molecule has 1 heterocycles. The Morgan fingerprint density at radius 1 is 1.59 bits per heavy atom. The molecule has 0 aliphatic heterocycles. The summed E-state index contributed by atoms with van der Waals surface area (Å²) in [5.41, 5.74) is 7.15. The number of carbonyl (C=O) groups excluding carboxylic acids is 1. The van der Waals surface area contributed by atoms with Gasteiger partial charge < -0.3 is 16.0 Å². The average Bonchev–Trinajstić information content (AvgIpc) is 2.27. The fourth-order valence-electron chi connectivity index (χ4n) is 1.36. The first kappa shape index (κ1) is 13.4. The number of hydrogen-bond acceptors (Lipinski definition) is 4. The Morgan fingerprint density at radius 3 is 2.76 bits per heavy atom. The van der Waals surface area contributed by atoms with Gasteiger partial charge >= 0.3 is 0 Å². The van der Waals surface area contributed by atoms with Crippen LogP contribution in [0.5, 0.6) is 0 Å². The maximum absolute atomic E-state index is 11.3. The van der Waals surface area contributed by atoms with E-state index in [4.69, 9.17) is 18.0 Å². The fraction of sp³-hybridized carbons (Fsp3) is 0.364. The summed E-state index contributed by atoms with van der Waals surface area (Å²) in [5, 5.41) is 2.56. The number of anilines is 1. The Balaban J connectivity index is 2.97. The largest absolute Gasteiger partial charge is 0.389 e. The molecule has 3 N–H and O–H groups in total. The van der Waals surface area contributed by atoms with Crippen LogP contribution in [0.2, 0.25) is 0 Å². The van der Waals surface area contributed by atoms with E-state index in [0.717, 1.165) is 11.3 Å². The van der Waals surface area contributed by atoms with E-state index in [1.807, 2.05) is 13.0 Å². The van der Waals surface area contributed by atoms with Crippen molar-refractivity contribution in [2.45, 2.75) is 6.92 Å². The number of hydrogen-bond donors (Lipinski definition) is 2. The van der Waals surface area contributed by atoms with E-state index in [0.29, 0.717) is 10.8 Å². The van der Waals surface area contributed by atoms with Gasteiger partial charge in [0.05, 0.1) is 6.54 Å². The molecule has 17 heavy (non-hydrogen) atoms. The van der Waals surface area contributed by atoms with E-state index < -0.39 is 0 Å². The number of likely N-dealkylation sites (N-methyl/N-ethyl adjacent to an activating group) is 2. The van der Waals surface area contributed by atoms with Crippen LogP contribution in [0, 0.1) is 6.92 Å². The molecule has 0 spiro atoms. The zero-order valence-corrected chi connectivity index (χ0v) is 11.0. The summed E-state index contributed by atoms with van der Waals surface area (Å²) in [6.07, 6.45) is 0. The van der Waals surface area contributed by atoms with Crippen molar-refractivity contribution in [3.05, 3.63) is 23.4 Å². The van der Waals surface area contributed by atoms with Crippen LogP contribution >= 0.6 is 12.2 Å². The van der Waals surface area contributed by atoms with Gasteiger partial charge in [0.15, 0.2) is 0 Å². The normalized spacial score (nSPS) is 9.82. The Kier molecular flexibility index (Phi) is 4.39. The molecule has 1 rings (SSSR count). The predicted octanol–water partition coefficient (Wildman–Crippen LogP) is 0.206. The highest BCUT2D eigenvalue weighted by atomic mass is 32.1. The van der Waals surface area contributed by atoms with Crippen molar-refractivity contribution in [2.75, 3.05) is 25.5 Å². The molecule has 0 aromatic carbocycles. The number of carbonyl (C=O) groups is 1. The number of nitrogens with one attached hydrogen (secondary N) is 1. The molecular weight excluding hydrogens is 236 g/mol. The highest BCUT2D eigenvalue weighted by Gasteiger charge is 2.09. The van der Waals surface area contributed by atoms with Gasteiger partial charge in [-0.2, -0.15) is 0 Å². The second kappa shape index (κ2) is 5.58. The van der Waals surface area contributed by atoms with Gasteiger partial charge in [0.2, 0.25) is 5.91 Å². The van der Waals surface area contributed by atoms with Crippen LogP contribution in [0.1, 0.15) is 11.3 Å². The van der Waals surface area contributed by atoms with E-state index in [9.17, 15) is 4.79 Å². The van der Waals surface area contributed by atoms with Crippen molar-refractivity contribution in [1.82, 2.24) is 10.3 Å². The van der Waals surface area contributed by atoms with Crippen molar-refractivity contribution in [3.8, 4) is 0 Å². The van der Waals surface area contributed by atoms with Gasteiger partial charge in [0.1, 0.15) is 10.8 Å². The van der Waals surface area contributed by atoms with Crippen LogP contribution in [0.4, 0.5) is 5.82 Å². The lowest BCUT2D eigenvalue weighted by molar-refractivity contribution is -0.119. The Morgan fingerprint density at radius 2 is 2.24 bits per heavy atom. The summed E-state index contributed by atoms with van der Waals surface area (Å²) in [7, 11) is 3.39. The van der Waals surface area contributed by atoms with E-state index in [1.165, 1.54) is 0 Å². The zero-order chi connectivity index (χ0) is 13.0. The predicted molar refractivity (Wildman–Crippen MR) is 72.2 cm³/mol. The molecule has 0 saturated heterocycles. The zero-order valence-electron chi connectivity index (χ0n) is 10.2. The Labute approximate surface area is 106 Å². The van der Waals surface area contributed by atoms with Gasteiger partial charge in [-0.15, -0.1) is 0 Å². The van der Waals surface area contributed by atoms with Crippen LogP contribution in [-0.2, 0) is 4.79 Å². The molecule has 0 saturated carbocycles. The summed E-state index contributed by atoms with van der Waals surface area (Å²) in [4.78, 5) is 17.7. The molecule has 1 aromatic heterocycles. The summed E-state index contributed by atoms with van der Waals surface area (Å²) in [6.45, 7) is 2.10. The van der Waals surface area contributed by atoms with Crippen molar-refractivity contribution < 1.29 is 4.79 Å². The van der Waals surface area contributed by atoms with Crippen LogP contribution < -0.4 is 16.0 Å². The third kappa shape index (κ3) is 3.67. The summed E-state index contributed by atoms with van der Waals surface area (Å²) >= 11 is 4.93. The van der Waals surface area contributed by atoms with Crippen LogP contribution in [-0.4, -0.2) is 36.5 Å². The SMILES string of the molecule is CNC(=O)CN(C)c1cc(C(N)=S)cc(C)n1. The maximum atomic E-state index is 11.3. The number of thiocarbonyl (C=S) groups is 1. The number of amides is 1. The lowest BCUT2D eigenvalue weighted by Gasteiger charge is -2.18. The quantitative estimate of drug-likeness (QED) is 0.749. The van der Waals surface area contributed by atoms with Crippen molar-refractivity contribution >= 4 is 28.9 Å². The van der Waals surface area contributed by atoms with Crippen molar-refractivity contribution in [2.24, 2.45) is 5.73 Å². The molecule has 5 nitrogen and oxygen atoms in total. The molecule has 1 amide bonds. The molecule has 0 atom stereocenters. The minimum absolute atomic E-state index is 0.0762. The second-order valence-corrected chi connectivity index (χ2v) is 4.19. The van der Waals surface area contributed by atoms with Gasteiger partial charge in [0, 0.05) is 25.4 Å². The van der Waals surface area contributed by atoms with E-state index >= 15 is 0 Å². The lowest BCUT2D eigenvalue weighted by Crippen LogP contribution is -2.33. The third-order valence-electron chi connectivity index (χ3n) is 2.28. The first-order chi connectivity index (χ1) is 7.93. The van der Waals surface area contributed by atoms with Crippen LogP contribution in [0.15, 0.2) is 12.1 Å². The van der Waals surface area contributed by atoms with Crippen molar-refractivity contribution in [3.63, 3.8) is 0 Å². The molecular formula is C11H16N4OS. The highest BCUT2D eigenvalue weighted by Crippen LogP contribution is 2.13. The number of nitrogens with two attached hydrogens (primary N) is 1. The highest BCUT2D eigenvalue weighted by molar-refractivity contribution is 7.80. The van der Waals surface area contributed by atoms with Crippen LogP contribution in [0.25, 0.3) is 0 Å². The standard InChI is InChI=1S/C11H16N4OS/c1-7-4-8(11(12)17)5-9(14-7)15(3)6-10(16)13-2/h4-5H,6H2,1-3H3,(H2,12,17)(H,13,16). The molecule has 92 valence electrons. The van der Waals surface area contributed by atoms with E-state index in [2.05, 4.69) is 10.3 Å². The number of nitrogens with zero attached hydrogens (tertiary/aromatic N) is 2. The first-order valence-electron chi connectivity index (χ1n) is 5.14. The summed E-state index contributed by atoms with van der Waals surface area (Å²) in [5.74, 6) is 0.601. The Bertz CT molecular complexity index is 447. The van der Waals surface area contributed by atoms with Gasteiger partial charge in [-0.05, 0) is 19.1 Å². The third-order valence-corrected chi connectivity index (χ3v) is 2.51. The number of pyridine rings is 1. The molecule has 0 bridgehead atoms. The molecule has 0 aliphatic rings. The van der Waals surface area contributed by atoms with Gasteiger partial charge in [-0.3, -0.25) is 4.79 Å². The minimum atomic E-state index is -0.0762. The molecule has 0 fully saturated rings. The maximum Gasteiger partial charge on any atom is 0.239 e. The van der Waals surface area contributed by atoms with Gasteiger partial charge in [-0.25, -0.2) is 4.98 Å². The smallest absolute Gasteiger partial charge is 0.239 e. The number of rotatable bonds is 4. The van der Waals surface area contributed by atoms with Crippen LogP contribution in [0.3, 0.4) is 0 Å². The molecule has 1 aromatic rings. The van der Waals surface area contributed by atoms with Gasteiger partial charge in [0.25, 0.3) is 0 Å². The van der Waals surface area contributed by atoms with E-state index in [-0.39, 0.29) is 12.5 Å². The van der Waals surface area contributed by atoms with E-state index in [1.54, 1.807) is 25.1 Å². The first-order valence-corrected chi connectivity index (χ1v) is 5.55. The average molecular weight is 252 g/mol. The fourth-order valence-corrected chi connectivity index (χ4v) is 1.48. The summed E-state index contributed by atoms with van der Waals surface area (Å²) < 4.78 is 0. The topological polar surface area (TPSA) is 71.2 Å². The number of aromatic nitrogens is 1. The summed E-state index contributed by atoms with van der Waals surface area (Å²) in [6, 6.07) is 3.60.